The number of rotatable bonds is 4. The van der Waals surface area contributed by atoms with Crippen molar-refractivity contribution in [1.29, 1.82) is 5.26 Å². The van der Waals surface area contributed by atoms with Crippen LogP contribution in [0.15, 0.2) is 53.8 Å². The van der Waals surface area contributed by atoms with E-state index in [-0.39, 0.29) is 5.91 Å². The standard InChI is InChI=1S/C14H10N4O2/c15-9-10-6-7-12(17-18-20)13(8-10)16-14(19)11-4-2-1-3-5-11/h1-8H,(H,16,19)(H,17,20). The lowest BCUT2D eigenvalue weighted by atomic mass is 10.1. The van der Waals surface area contributed by atoms with Crippen LogP contribution < -0.4 is 10.7 Å². The third kappa shape index (κ3) is 2.97. The van der Waals surface area contributed by atoms with E-state index in [0.717, 1.165) is 0 Å². The molecule has 0 spiro atoms. The molecular weight excluding hydrogens is 256 g/mol. The highest BCUT2D eigenvalue weighted by atomic mass is 16.3. The van der Waals surface area contributed by atoms with Crippen molar-refractivity contribution in [3.05, 3.63) is 64.6 Å². The maximum atomic E-state index is 12.0. The number of anilines is 2. The van der Waals surface area contributed by atoms with Gasteiger partial charge in [-0.2, -0.15) is 5.26 Å². The van der Waals surface area contributed by atoms with Gasteiger partial charge in [-0.05, 0) is 30.3 Å². The molecule has 98 valence electrons. The number of carbonyl (C=O) groups excluding carboxylic acids is 1. The monoisotopic (exact) mass is 266 g/mol. The largest absolute Gasteiger partial charge is 0.320 e. The summed E-state index contributed by atoms with van der Waals surface area (Å²) < 4.78 is 0. The van der Waals surface area contributed by atoms with Crippen LogP contribution in [0.25, 0.3) is 0 Å². The minimum Gasteiger partial charge on any atom is -0.320 e. The quantitative estimate of drug-likeness (QED) is 0.657. The van der Waals surface area contributed by atoms with Crippen molar-refractivity contribution in [2.45, 2.75) is 0 Å². The summed E-state index contributed by atoms with van der Waals surface area (Å²) in [5.74, 6) is -0.338. The van der Waals surface area contributed by atoms with Crippen molar-refractivity contribution in [3.63, 3.8) is 0 Å². The number of hydrogen-bond acceptors (Lipinski definition) is 4. The highest BCUT2D eigenvalue weighted by Gasteiger charge is 2.10. The first-order valence-electron chi connectivity index (χ1n) is 5.73. The van der Waals surface area contributed by atoms with E-state index in [4.69, 9.17) is 5.26 Å². The van der Waals surface area contributed by atoms with Crippen LogP contribution in [0.5, 0.6) is 0 Å². The van der Waals surface area contributed by atoms with Crippen LogP contribution in [0.2, 0.25) is 0 Å². The maximum absolute atomic E-state index is 12.0. The molecule has 0 aliphatic rings. The Morgan fingerprint density at radius 1 is 1.10 bits per heavy atom. The second kappa shape index (κ2) is 6.11. The van der Waals surface area contributed by atoms with Gasteiger partial charge in [-0.25, -0.2) is 5.43 Å². The van der Waals surface area contributed by atoms with Crippen molar-refractivity contribution in [3.8, 4) is 6.07 Å². The fourth-order valence-corrected chi connectivity index (χ4v) is 1.65. The van der Waals surface area contributed by atoms with Gasteiger partial charge in [0.15, 0.2) is 0 Å². The normalized spacial score (nSPS) is 9.35. The zero-order chi connectivity index (χ0) is 14.4. The Morgan fingerprint density at radius 2 is 1.85 bits per heavy atom. The van der Waals surface area contributed by atoms with Crippen molar-refractivity contribution >= 4 is 17.3 Å². The van der Waals surface area contributed by atoms with E-state index in [9.17, 15) is 9.70 Å². The average Bonchev–Trinajstić information content (AvgIpc) is 2.50. The number of hydrogen-bond donors (Lipinski definition) is 2. The molecule has 0 saturated carbocycles. The van der Waals surface area contributed by atoms with Gasteiger partial charge < -0.3 is 5.32 Å². The molecule has 2 aromatic carbocycles. The van der Waals surface area contributed by atoms with E-state index in [1.54, 1.807) is 30.3 Å². The predicted octanol–water partition coefficient (Wildman–Crippen LogP) is 2.90. The summed E-state index contributed by atoms with van der Waals surface area (Å²) in [6.45, 7) is 0. The van der Waals surface area contributed by atoms with Gasteiger partial charge in [0.1, 0.15) is 0 Å². The molecule has 2 aromatic rings. The number of nitriles is 1. The number of nitrogens with zero attached hydrogens (tertiary/aromatic N) is 2. The molecule has 20 heavy (non-hydrogen) atoms. The second-order valence-corrected chi connectivity index (χ2v) is 3.90. The van der Waals surface area contributed by atoms with Crippen LogP contribution in [0.1, 0.15) is 15.9 Å². The molecule has 0 unspecified atom stereocenters. The van der Waals surface area contributed by atoms with Crippen LogP contribution in [-0.4, -0.2) is 5.91 Å². The Bertz CT molecular complexity index is 677. The number of nitrogens with one attached hydrogen (secondary N) is 2. The van der Waals surface area contributed by atoms with E-state index >= 15 is 0 Å². The molecule has 0 heterocycles. The van der Waals surface area contributed by atoms with Crippen molar-refractivity contribution in [2.24, 2.45) is 5.29 Å². The molecule has 0 aliphatic carbocycles. The molecule has 1 amide bonds. The zero-order valence-corrected chi connectivity index (χ0v) is 10.3. The summed E-state index contributed by atoms with van der Waals surface area (Å²) in [5.41, 5.74) is 3.71. The van der Waals surface area contributed by atoms with Crippen LogP contribution in [0.4, 0.5) is 11.4 Å². The fraction of sp³-hybridized carbons (Fsp3) is 0. The lowest BCUT2D eigenvalue weighted by molar-refractivity contribution is 0.102. The average molecular weight is 266 g/mol. The first kappa shape index (κ1) is 13.2. The molecule has 0 radical (unpaired) electrons. The van der Waals surface area contributed by atoms with Crippen LogP contribution in [0.3, 0.4) is 0 Å². The minimum atomic E-state index is -0.338. The van der Waals surface area contributed by atoms with Gasteiger partial charge >= 0.3 is 0 Å². The Hall–Kier alpha value is -3.20. The number of carbonyl (C=O) groups is 1. The number of benzene rings is 2. The SMILES string of the molecule is N#Cc1ccc(NN=O)c(NC(=O)c2ccccc2)c1. The predicted molar refractivity (Wildman–Crippen MR) is 75.0 cm³/mol. The summed E-state index contributed by atoms with van der Waals surface area (Å²) in [4.78, 5) is 22.3. The van der Waals surface area contributed by atoms with E-state index < -0.39 is 0 Å². The van der Waals surface area contributed by atoms with Gasteiger partial charge in [0, 0.05) is 5.56 Å². The summed E-state index contributed by atoms with van der Waals surface area (Å²) in [7, 11) is 0. The third-order valence-electron chi connectivity index (χ3n) is 2.60. The Labute approximate surface area is 115 Å². The minimum absolute atomic E-state index is 0.317. The summed E-state index contributed by atoms with van der Waals surface area (Å²) >= 11 is 0. The highest BCUT2D eigenvalue weighted by Crippen LogP contribution is 2.23. The smallest absolute Gasteiger partial charge is 0.255 e. The van der Waals surface area contributed by atoms with E-state index in [1.807, 2.05) is 6.07 Å². The van der Waals surface area contributed by atoms with Crippen molar-refractivity contribution in [2.75, 3.05) is 10.7 Å². The molecule has 0 fully saturated rings. The first-order chi connectivity index (χ1) is 9.74. The van der Waals surface area contributed by atoms with Gasteiger partial charge in [0.25, 0.3) is 5.91 Å². The second-order valence-electron chi connectivity index (χ2n) is 3.90. The Morgan fingerprint density at radius 3 is 2.50 bits per heavy atom. The lowest BCUT2D eigenvalue weighted by Gasteiger charge is -2.09. The van der Waals surface area contributed by atoms with Gasteiger partial charge in [-0.15, -0.1) is 4.91 Å². The summed E-state index contributed by atoms with van der Waals surface area (Å²) in [6, 6.07) is 15.1. The maximum Gasteiger partial charge on any atom is 0.255 e. The fourth-order valence-electron chi connectivity index (χ4n) is 1.65. The number of nitroso groups, excluding NO2 is 1. The first-order valence-corrected chi connectivity index (χ1v) is 5.73. The molecule has 0 aromatic heterocycles. The molecular formula is C14H10N4O2. The van der Waals surface area contributed by atoms with E-state index in [2.05, 4.69) is 16.0 Å². The molecule has 6 nitrogen and oxygen atoms in total. The Balaban J connectivity index is 2.30. The molecule has 2 rings (SSSR count). The van der Waals surface area contributed by atoms with Crippen LogP contribution >= 0.6 is 0 Å². The van der Waals surface area contributed by atoms with E-state index in [1.165, 1.54) is 18.2 Å². The molecule has 6 heteroatoms. The third-order valence-corrected chi connectivity index (χ3v) is 2.60. The Kier molecular flexibility index (Phi) is 4.04. The lowest BCUT2D eigenvalue weighted by Crippen LogP contribution is -2.13. The van der Waals surface area contributed by atoms with Gasteiger partial charge in [-0.1, -0.05) is 18.2 Å². The van der Waals surface area contributed by atoms with Crippen LogP contribution in [0, 0.1) is 16.2 Å². The van der Waals surface area contributed by atoms with Crippen molar-refractivity contribution in [1.82, 2.24) is 0 Å². The van der Waals surface area contributed by atoms with Crippen LogP contribution in [-0.2, 0) is 0 Å². The highest BCUT2D eigenvalue weighted by molar-refractivity contribution is 6.05. The summed E-state index contributed by atoms with van der Waals surface area (Å²) in [5, 5.41) is 14.1. The number of amides is 1. The molecule has 0 atom stereocenters. The molecule has 0 bridgehead atoms. The zero-order valence-electron chi connectivity index (χ0n) is 10.3. The molecule has 2 N–H and O–H groups in total. The van der Waals surface area contributed by atoms with Crippen molar-refractivity contribution < 1.29 is 4.79 Å². The topological polar surface area (TPSA) is 94.3 Å². The summed E-state index contributed by atoms with van der Waals surface area (Å²) in [6.07, 6.45) is 0. The van der Waals surface area contributed by atoms with Gasteiger partial charge in [0.2, 0.25) is 0 Å². The van der Waals surface area contributed by atoms with Gasteiger partial charge in [-0.3, -0.25) is 4.79 Å². The molecule has 0 saturated heterocycles. The van der Waals surface area contributed by atoms with E-state index in [0.29, 0.717) is 22.5 Å². The van der Waals surface area contributed by atoms with Gasteiger partial charge in [0.05, 0.1) is 28.3 Å². The molecule has 0 aliphatic heterocycles.